The van der Waals surface area contributed by atoms with Crippen molar-refractivity contribution in [2.75, 3.05) is 53.8 Å². The Bertz CT molecular complexity index is 389. The summed E-state index contributed by atoms with van der Waals surface area (Å²) in [7, 11) is 22.3. The highest BCUT2D eigenvalue weighted by Crippen LogP contribution is 2.38. The predicted octanol–water partition coefficient (Wildman–Crippen LogP) is 5.04. The standard InChI is InChI=1S/C12H23N3S9/c1-13(2)10(16)22-19-7-9(21-24-12(18)15(5)6)8-20-23-11(17)14(3)4/h9H,7-8H2,1-6H3. The maximum Gasteiger partial charge on any atom is 0.146 e. The lowest BCUT2D eigenvalue weighted by Gasteiger charge is -2.19. The minimum absolute atomic E-state index is 0.470. The Balaban J connectivity index is 4.34. The SMILES string of the molecule is CN(C)C(=S)SSCC(CSSC(=S)N(C)C)SSC(=S)N(C)C. The molecule has 0 amide bonds. The average molecular weight is 498 g/mol. The van der Waals surface area contributed by atoms with Crippen LogP contribution in [-0.4, -0.2) is 86.7 Å². The zero-order chi connectivity index (χ0) is 18.7. The molecule has 0 aromatic heterocycles. The molecule has 0 aliphatic rings. The van der Waals surface area contributed by atoms with Gasteiger partial charge in [0.2, 0.25) is 0 Å². The summed E-state index contributed by atoms with van der Waals surface area (Å²) in [5, 5.41) is 0.470. The van der Waals surface area contributed by atoms with Crippen LogP contribution >= 0.6 is 101 Å². The molecule has 0 aromatic carbocycles. The number of nitrogens with zero attached hydrogens (tertiary/aromatic N) is 3. The predicted molar refractivity (Wildman–Crippen MR) is 138 cm³/mol. The van der Waals surface area contributed by atoms with E-state index in [4.69, 9.17) is 36.7 Å². The van der Waals surface area contributed by atoms with Gasteiger partial charge < -0.3 is 14.7 Å². The molecular weight excluding hydrogens is 475 g/mol. The smallest absolute Gasteiger partial charge is 0.146 e. The number of rotatable bonds is 8. The van der Waals surface area contributed by atoms with Gasteiger partial charge in [-0.2, -0.15) is 0 Å². The highest BCUT2D eigenvalue weighted by Gasteiger charge is 2.15. The van der Waals surface area contributed by atoms with Gasteiger partial charge in [-0.15, -0.1) is 0 Å². The van der Waals surface area contributed by atoms with Crippen LogP contribution in [-0.2, 0) is 0 Å². The molecule has 0 rings (SSSR count). The Kier molecular flexibility index (Phi) is 15.9. The summed E-state index contributed by atoms with van der Waals surface area (Å²) in [5.74, 6) is 2.02. The van der Waals surface area contributed by atoms with Gasteiger partial charge in [0.05, 0.1) is 0 Å². The average Bonchev–Trinajstić information content (AvgIpc) is 2.50. The largest absolute Gasteiger partial charge is 0.363 e. The molecule has 0 fully saturated rings. The van der Waals surface area contributed by atoms with Crippen molar-refractivity contribution < 1.29 is 0 Å². The molecule has 0 saturated carbocycles. The monoisotopic (exact) mass is 497 g/mol. The molecule has 12 heteroatoms. The Hall–Kier alpha value is 1.77. The van der Waals surface area contributed by atoms with E-state index in [1.807, 2.05) is 67.8 Å². The fourth-order valence-electron chi connectivity index (χ4n) is 0.757. The Morgan fingerprint density at radius 2 is 1.00 bits per heavy atom. The van der Waals surface area contributed by atoms with Crippen LogP contribution in [0.25, 0.3) is 0 Å². The minimum Gasteiger partial charge on any atom is -0.363 e. The summed E-state index contributed by atoms with van der Waals surface area (Å²) in [6.45, 7) is 0. The quantitative estimate of drug-likeness (QED) is 0.328. The molecule has 0 radical (unpaired) electrons. The van der Waals surface area contributed by atoms with Gasteiger partial charge in [-0.05, 0) is 32.4 Å². The van der Waals surface area contributed by atoms with E-state index < -0.39 is 0 Å². The molecule has 0 spiro atoms. The van der Waals surface area contributed by atoms with Crippen molar-refractivity contribution in [1.82, 2.24) is 14.7 Å². The van der Waals surface area contributed by atoms with Gasteiger partial charge in [-0.1, -0.05) is 69.0 Å². The number of thiocarbonyl (C=S) groups is 3. The fraction of sp³-hybridized carbons (Fsp3) is 0.750. The second-order valence-corrected chi connectivity index (χ2v) is 14.1. The summed E-state index contributed by atoms with van der Waals surface area (Å²) < 4.78 is 2.69. The first-order chi connectivity index (χ1) is 11.1. The van der Waals surface area contributed by atoms with E-state index in [0.717, 1.165) is 24.5 Å². The molecule has 0 unspecified atom stereocenters. The van der Waals surface area contributed by atoms with Crippen LogP contribution < -0.4 is 0 Å². The van der Waals surface area contributed by atoms with Crippen molar-refractivity contribution in [1.29, 1.82) is 0 Å². The fourth-order valence-corrected chi connectivity index (χ4v) is 10.0. The first-order valence-corrected chi connectivity index (χ1v) is 14.8. The summed E-state index contributed by atoms with van der Waals surface area (Å²) in [5.41, 5.74) is 0. The van der Waals surface area contributed by atoms with Crippen LogP contribution in [0.1, 0.15) is 0 Å². The topological polar surface area (TPSA) is 9.72 Å². The van der Waals surface area contributed by atoms with Gasteiger partial charge >= 0.3 is 0 Å². The Morgan fingerprint density at radius 1 is 0.667 bits per heavy atom. The van der Waals surface area contributed by atoms with Gasteiger partial charge in [0.15, 0.2) is 0 Å². The van der Waals surface area contributed by atoms with E-state index in [9.17, 15) is 0 Å². The van der Waals surface area contributed by atoms with Crippen molar-refractivity contribution in [3.63, 3.8) is 0 Å². The van der Waals surface area contributed by atoms with Gasteiger partial charge in [-0.25, -0.2) is 0 Å². The summed E-state index contributed by atoms with van der Waals surface area (Å²) in [6.07, 6.45) is 0. The lowest BCUT2D eigenvalue weighted by Crippen LogP contribution is -2.18. The lowest BCUT2D eigenvalue weighted by molar-refractivity contribution is 0.648. The molecule has 0 aliphatic carbocycles. The maximum absolute atomic E-state index is 5.36. The van der Waals surface area contributed by atoms with Crippen LogP contribution in [0.15, 0.2) is 0 Å². The van der Waals surface area contributed by atoms with Gasteiger partial charge in [0.1, 0.15) is 13.0 Å². The molecule has 0 aliphatic heterocycles. The van der Waals surface area contributed by atoms with E-state index in [1.165, 1.54) is 0 Å². The highest BCUT2D eigenvalue weighted by molar-refractivity contribution is 8.86. The molecule has 140 valence electrons. The second-order valence-electron chi connectivity index (χ2n) is 5.02. The van der Waals surface area contributed by atoms with E-state index in [2.05, 4.69) is 0 Å². The van der Waals surface area contributed by atoms with Gasteiger partial charge in [-0.3, -0.25) is 0 Å². The molecule has 0 atom stereocenters. The molecule has 0 heterocycles. The summed E-state index contributed by atoms with van der Waals surface area (Å²) in [4.78, 5) is 5.90. The molecule has 0 aromatic rings. The van der Waals surface area contributed by atoms with Crippen LogP contribution in [0.2, 0.25) is 0 Å². The third-order valence-electron chi connectivity index (χ3n) is 2.12. The van der Waals surface area contributed by atoms with E-state index >= 15 is 0 Å². The molecule has 3 nitrogen and oxygen atoms in total. The van der Waals surface area contributed by atoms with Crippen molar-refractivity contribution in [2.45, 2.75) is 5.25 Å². The van der Waals surface area contributed by atoms with Crippen molar-refractivity contribution in [2.24, 2.45) is 0 Å². The minimum atomic E-state index is 0.470. The van der Waals surface area contributed by atoms with Crippen molar-refractivity contribution in [3.8, 4) is 0 Å². The van der Waals surface area contributed by atoms with E-state index in [0.29, 0.717) is 5.25 Å². The first kappa shape index (κ1) is 25.8. The van der Waals surface area contributed by atoms with Crippen LogP contribution in [0.5, 0.6) is 0 Å². The third-order valence-corrected chi connectivity index (χ3v) is 12.9. The molecule has 0 bridgehead atoms. The number of hydrogen-bond acceptors (Lipinski definition) is 9. The van der Waals surface area contributed by atoms with E-state index in [-0.39, 0.29) is 0 Å². The van der Waals surface area contributed by atoms with Crippen molar-refractivity contribution in [3.05, 3.63) is 0 Å². The normalized spacial score (nSPS) is 10.6. The molecule has 0 N–H and O–H groups in total. The first-order valence-electron chi connectivity index (χ1n) is 6.71. The van der Waals surface area contributed by atoms with Gasteiger partial charge in [0.25, 0.3) is 0 Å². The third kappa shape index (κ3) is 13.0. The van der Waals surface area contributed by atoms with Crippen LogP contribution in [0.4, 0.5) is 0 Å². The Labute approximate surface area is 186 Å². The lowest BCUT2D eigenvalue weighted by atomic mass is 10.6. The second kappa shape index (κ2) is 14.8. The zero-order valence-electron chi connectivity index (χ0n) is 14.5. The molecule has 0 saturated heterocycles. The molecular formula is C12H23N3S9. The van der Waals surface area contributed by atoms with E-state index in [1.54, 1.807) is 54.0 Å². The molecule has 24 heavy (non-hydrogen) atoms. The maximum atomic E-state index is 5.36. The van der Waals surface area contributed by atoms with Crippen LogP contribution in [0, 0.1) is 0 Å². The number of hydrogen-bond donors (Lipinski definition) is 0. The van der Waals surface area contributed by atoms with Crippen molar-refractivity contribution >= 4 is 114 Å². The van der Waals surface area contributed by atoms with Gasteiger partial charge in [0, 0.05) is 59.0 Å². The van der Waals surface area contributed by atoms with Crippen LogP contribution in [0.3, 0.4) is 0 Å². The highest BCUT2D eigenvalue weighted by atomic mass is 33.1. The summed E-state index contributed by atoms with van der Waals surface area (Å²) >= 11 is 16.0. The Morgan fingerprint density at radius 3 is 1.33 bits per heavy atom. The zero-order valence-corrected chi connectivity index (χ0v) is 21.9. The summed E-state index contributed by atoms with van der Waals surface area (Å²) in [6, 6.07) is 0.